The summed E-state index contributed by atoms with van der Waals surface area (Å²) in [5, 5.41) is 4.63. The van der Waals surface area contributed by atoms with Crippen molar-refractivity contribution in [2.45, 2.75) is 51.2 Å². The van der Waals surface area contributed by atoms with Gasteiger partial charge in [-0.15, -0.1) is 0 Å². The van der Waals surface area contributed by atoms with Gasteiger partial charge in [0.1, 0.15) is 5.82 Å². The van der Waals surface area contributed by atoms with Crippen molar-refractivity contribution in [3.8, 4) is 0 Å². The van der Waals surface area contributed by atoms with Gasteiger partial charge in [-0.05, 0) is 55.0 Å². The molecule has 0 unspecified atom stereocenters. The van der Waals surface area contributed by atoms with Crippen molar-refractivity contribution in [3.05, 3.63) is 59.2 Å². The molecule has 0 radical (unpaired) electrons. The Balaban J connectivity index is 1.44. The van der Waals surface area contributed by atoms with E-state index in [2.05, 4.69) is 58.2 Å². The zero-order chi connectivity index (χ0) is 20.2. The van der Waals surface area contributed by atoms with Gasteiger partial charge >= 0.3 is 0 Å². The van der Waals surface area contributed by atoms with Gasteiger partial charge < -0.3 is 10.2 Å². The van der Waals surface area contributed by atoms with E-state index < -0.39 is 0 Å². The second kappa shape index (κ2) is 9.46. The molecule has 0 bridgehead atoms. The maximum absolute atomic E-state index is 6.09. The Morgan fingerprint density at radius 2 is 1.86 bits per heavy atom. The van der Waals surface area contributed by atoms with E-state index in [1.54, 1.807) is 0 Å². The number of hydrogen-bond acceptors (Lipinski definition) is 4. The van der Waals surface area contributed by atoms with Crippen molar-refractivity contribution >= 4 is 17.4 Å². The Labute approximate surface area is 180 Å². The minimum atomic E-state index is 0.539. The lowest BCUT2D eigenvalue weighted by atomic mass is 9.92. The number of nitrogens with one attached hydrogen (secondary N) is 1. The Kier molecular flexibility index (Phi) is 6.74. The predicted molar refractivity (Wildman–Crippen MR) is 122 cm³/mol. The highest BCUT2D eigenvalue weighted by Gasteiger charge is 2.35. The largest absolute Gasteiger partial charge is 0.357 e. The second-order valence-electron chi connectivity index (χ2n) is 8.85. The molecule has 1 N–H and O–H groups in total. The van der Waals surface area contributed by atoms with E-state index in [0.717, 1.165) is 43.4 Å². The summed E-state index contributed by atoms with van der Waals surface area (Å²) in [5.41, 5.74) is 1.38. The van der Waals surface area contributed by atoms with Gasteiger partial charge in [0.2, 0.25) is 0 Å². The second-order valence-corrected chi connectivity index (χ2v) is 9.28. The highest BCUT2D eigenvalue weighted by atomic mass is 35.5. The first-order valence-electron chi connectivity index (χ1n) is 11.0. The Hall–Kier alpha value is -1.62. The third-order valence-corrected chi connectivity index (χ3v) is 6.84. The van der Waals surface area contributed by atoms with Gasteiger partial charge in [0.05, 0.1) is 0 Å². The summed E-state index contributed by atoms with van der Waals surface area (Å²) in [6, 6.07) is 16.4. The number of piperidine rings is 1. The van der Waals surface area contributed by atoms with Crippen LogP contribution in [0.1, 0.15) is 32.3 Å². The number of pyridine rings is 1. The molecule has 4 nitrogen and oxygen atoms in total. The smallest absolute Gasteiger partial charge is 0.128 e. The normalized spacial score (nSPS) is 24.2. The number of nitrogens with zero attached hydrogens (tertiary/aromatic N) is 3. The molecule has 3 heterocycles. The van der Waals surface area contributed by atoms with Crippen LogP contribution in [0, 0.1) is 5.92 Å². The van der Waals surface area contributed by atoms with Crippen LogP contribution in [0.4, 0.5) is 5.82 Å². The molecule has 2 aliphatic rings. The van der Waals surface area contributed by atoms with E-state index in [0.29, 0.717) is 24.0 Å². The molecular formula is C24H33ClN4. The fourth-order valence-corrected chi connectivity index (χ4v) is 4.91. The molecule has 0 spiro atoms. The third kappa shape index (κ3) is 5.11. The van der Waals surface area contributed by atoms with E-state index in [4.69, 9.17) is 11.6 Å². The van der Waals surface area contributed by atoms with E-state index in [-0.39, 0.29) is 0 Å². The van der Waals surface area contributed by atoms with Crippen molar-refractivity contribution < 1.29 is 0 Å². The van der Waals surface area contributed by atoms with Crippen LogP contribution in [0.2, 0.25) is 5.02 Å². The zero-order valence-electron chi connectivity index (χ0n) is 17.6. The summed E-state index contributed by atoms with van der Waals surface area (Å²) in [4.78, 5) is 9.79. The van der Waals surface area contributed by atoms with E-state index in [1.807, 2.05) is 24.4 Å². The summed E-state index contributed by atoms with van der Waals surface area (Å²) >= 11 is 6.09. The van der Waals surface area contributed by atoms with Crippen molar-refractivity contribution in [2.75, 3.05) is 31.1 Å². The molecule has 29 heavy (non-hydrogen) atoms. The Morgan fingerprint density at radius 1 is 1.10 bits per heavy atom. The van der Waals surface area contributed by atoms with Crippen LogP contribution in [0.3, 0.4) is 0 Å². The van der Waals surface area contributed by atoms with Crippen LogP contribution < -0.4 is 10.2 Å². The molecule has 4 rings (SSSR count). The van der Waals surface area contributed by atoms with Crippen LogP contribution in [-0.4, -0.2) is 54.2 Å². The Morgan fingerprint density at radius 3 is 2.52 bits per heavy atom. The highest BCUT2D eigenvalue weighted by molar-refractivity contribution is 6.30. The van der Waals surface area contributed by atoms with Crippen molar-refractivity contribution in [1.82, 2.24) is 15.2 Å². The average molecular weight is 413 g/mol. The molecule has 156 valence electrons. The van der Waals surface area contributed by atoms with Crippen LogP contribution in [0.5, 0.6) is 0 Å². The number of rotatable bonds is 5. The molecule has 0 aliphatic carbocycles. The minimum Gasteiger partial charge on any atom is -0.357 e. The third-order valence-electron chi connectivity index (χ3n) is 6.59. The molecule has 2 aromatic rings. The monoisotopic (exact) mass is 412 g/mol. The molecule has 1 aromatic heterocycles. The lowest BCUT2D eigenvalue weighted by Gasteiger charge is -2.48. The number of halogens is 1. The van der Waals surface area contributed by atoms with Crippen LogP contribution in [0.25, 0.3) is 0 Å². The van der Waals surface area contributed by atoms with Gasteiger partial charge in [0.25, 0.3) is 0 Å². The summed E-state index contributed by atoms with van der Waals surface area (Å²) < 4.78 is 0. The van der Waals surface area contributed by atoms with Gasteiger partial charge in [-0.3, -0.25) is 4.90 Å². The van der Waals surface area contributed by atoms with E-state index >= 15 is 0 Å². The topological polar surface area (TPSA) is 31.4 Å². The lowest BCUT2D eigenvalue weighted by molar-refractivity contribution is 0.0575. The van der Waals surface area contributed by atoms with Gasteiger partial charge in [-0.25, -0.2) is 4.98 Å². The fourth-order valence-electron chi connectivity index (χ4n) is 4.79. The summed E-state index contributed by atoms with van der Waals surface area (Å²) in [7, 11) is 0. The van der Waals surface area contributed by atoms with Gasteiger partial charge in [0, 0.05) is 55.5 Å². The summed E-state index contributed by atoms with van der Waals surface area (Å²) in [6.45, 7) is 9.05. The standard InChI is InChI=1S/C24H33ClN4/c1-18(2)23-17-29(22(16-27-23)15-19-6-8-20(25)9-7-19)21-10-13-28(14-11-21)24-5-3-4-12-26-24/h3-9,12,18,21-23,27H,10-11,13-17H2,1-2H3/t22-,23+/m0/s1. The molecule has 1 aromatic carbocycles. The minimum absolute atomic E-state index is 0.539. The Bertz CT molecular complexity index is 756. The number of hydrogen-bond donors (Lipinski definition) is 1. The quantitative estimate of drug-likeness (QED) is 0.795. The van der Waals surface area contributed by atoms with Crippen LogP contribution >= 0.6 is 11.6 Å². The fraction of sp³-hybridized carbons (Fsp3) is 0.542. The maximum atomic E-state index is 6.09. The van der Waals surface area contributed by atoms with E-state index in [9.17, 15) is 0 Å². The first kappa shape index (κ1) is 20.6. The lowest BCUT2D eigenvalue weighted by Crippen LogP contribution is -2.62. The molecule has 2 saturated heterocycles. The van der Waals surface area contributed by atoms with Crippen LogP contribution in [-0.2, 0) is 6.42 Å². The van der Waals surface area contributed by atoms with Gasteiger partial charge in [-0.1, -0.05) is 43.6 Å². The average Bonchev–Trinajstić information content (AvgIpc) is 2.76. The van der Waals surface area contributed by atoms with Crippen molar-refractivity contribution in [1.29, 1.82) is 0 Å². The number of aromatic nitrogens is 1. The summed E-state index contributed by atoms with van der Waals surface area (Å²) in [6.07, 6.45) is 5.39. The van der Waals surface area contributed by atoms with E-state index in [1.165, 1.54) is 18.4 Å². The first-order valence-corrected chi connectivity index (χ1v) is 11.4. The first-order chi connectivity index (χ1) is 14.1. The molecular weight excluding hydrogens is 380 g/mol. The van der Waals surface area contributed by atoms with Crippen molar-refractivity contribution in [2.24, 2.45) is 5.92 Å². The number of piperazine rings is 1. The SMILES string of the molecule is CC(C)[C@H]1CN(C2CCN(c3ccccn3)CC2)[C@@H](Cc2ccc(Cl)cc2)CN1. The molecule has 5 heteroatoms. The van der Waals surface area contributed by atoms with Crippen LogP contribution in [0.15, 0.2) is 48.7 Å². The zero-order valence-corrected chi connectivity index (χ0v) is 18.4. The molecule has 0 saturated carbocycles. The predicted octanol–water partition coefficient (Wildman–Crippen LogP) is 4.24. The van der Waals surface area contributed by atoms with Gasteiger partial charge in [0.15, 0.2) is 0 Å². The molecule has 2 atom stereocenters. The highest BCUT2D eigenvalue weighted by Crippen LogP contribution is 2.26. The molecule has 2 aliphatic heterocycles. The van der Waals surface area contributed by atoms with Gasteiger partial charge in [-0.2, -0.15) is 0 Å². The number of anilines is 1. The number of benzene rings is 1. The molecule has 0 amide bonds. The molecule has 2 fully saturated rings. The maximum Gasteiger partial charge on any atom is 0.128 e. The summed E-state index contributed by atoms with van der Waals surface area (Å²) in [5.74, 6) is 1.77. The van der Waals surface area contributed by atoms with Crippen molar-refractivity contribution in [3.63, 3.8) is 0 Å².